The Labute approximate surface area is 185 Å². The summed E-state index contributed by atoms with van der Waals surface area (Å²) in [6, 6.07) is 10.8. The first-order valence-electron chi connectivity index (χ1n) is 10.2. The van der Waals surface area contributed by atoms with E-state index in [1.54, 1.807) is 48.0 Å². The number of nitrogens with one attached hydrogen (secondary N) is 1. The van der Waals surface area contributed by atoms with E-state index in [0.29, 0.717) is 36.6 Å². The third kappa shape index (κ3) is 5.46. The molecule has 0 aliphatic carbocycles. The van der Waals surface area contributed by atoms with Crippen LogP contribution in [0.5, 0.6) is 5.75 Å². The van der Waals surface area contributed by atoms with Crippen LogP contribution in [0.25, 0.3) is 0 Å². The van der Waals surface area contributed by atoms with Gasteiger partial charge in [-0.05, 0) is 56.2 Å². The maximum Gasteiger partial charge on any atom is 0.253 e. The van der Waals surface area contributed by atoms with E-state index in [2.05, 4.69) is 15.3 Å². The molecule has 0 radical (unpaired) electrons. The number of nitrogens with zero attached hydrogens (tertiary/aromatic N) is 3. The Bertz CT molecular complexity index is 1030. The molecule has 1 aliphatic heterocycles. The summed E-state index contributed by atoms with van der Waals surface area (Å²) in [4.78, 5) is 35.3. The number of hydrogen-bond acceptors (Lipinski definition) is 6. The van der Waals surface area contributed by atoms with E-state index in [-0.39, 0.29) is 17.9 Å². The van der Waals surface area contributed by atoms with E-state index in [4.69, 9.17) is 4.74 Å². The first kappa shape index (κ1) is 21.0. The number of hydrogen-bond donors (Lipinski definition) is 1. The number of rotatable bonds is 6. The maximum absolute atomic E-state index is 12.8. The summed E-state index contributed by atoms with van der Waals surface area (Å²) in [5, 5.41) is 6.03. The molecule has 2 aromatic heterocycles. The molecule has 7 nitrogen and oxygen atoms in total. The molecule has 31 heavy (non-hydrogen) atoms. The van der Waals surface area contributed by atoms with Crippen LogP contribution in [0.1, 0.15) is 44.3 Å². The van der Waals surface area contributed by atoms with Gasteiger partial charge in [0.15, 0.2) is 0 Å². The zero-order valence-corrected chi connectivity index (χ0v) is 18.1. The first-order valence-corrected chi connectivity index (χ1v) is 11.1. The van der Waals surface area contributed by atoms with E-state index >= 15 is 0 Å². The molecule has 0 atom stereocenters. The summed E-state index contributed by atoms with van der Waals surface area (Å²) in [5.41, 5.74) is 2.09. The van der Waals surface area contributed by atoms with E-state index in [1.807, 2.05) is 29.3 Å². The highest BCUT2D eigenvalue weighted by atomic mass is 32.1. The standard InChI is InChI=1S/C23H24N4O3S/c1-16-25-20(15-31-16)14-30-21-6-4-17(5-7-21)23(29)27-11-8-19(9-12-27)26-22(28)18-3-2-10-24-13-18/h2-7,10,13,15,19H,8-9,11-12,14H2,1H3,(H,26,28). The minimum absolute atomic E-state index is 0.00119. The lowest BCUT2D eigenvalue weighted by Crippen LogP contribution is -2.46. The molecule has 0 spiro atoms. The summed E-state index contributed by atoms with van der Waals surface area (Å²) in [7, 11) is 0. The van der Waals surface area contributed by atoms with Gasteiger partial charge in [0.05, 0.1) is 16.3 Å². The summed E-state index contributed by atoms with van der Waals surface area (Å²) in [5.74, 6) is 0.582. The van der Waals surface area contributed by atoms with Gasteiger partial charge in [0, 0.05) is 42.5 Å². The van der Waals surface area contributed by atoms with Crippen molar-refractivity contribution in [2.24, 2.45) is 0 Å². The number of ether oxygens (including phenoxy) is 1. The van der Waals surface area contributed by atoms with Crippen LogP contribution in [-0.4, -0.2) is 45.8 Å². The first-order chi connectivity index (χ1) is 15.1. The molecule has 0 saturated carbocycles. The normalized spacial score (nSPS) is 14.3. The number of carbonyl (C=O) groups excluding carboxylic acids is 2. The Kier molecular flexibility index (Phi) is 6.57. The van der Waals surface area contributed by atoms with Gasteiger partial charge >= 0.3 is 0 Å². The van der Waals surface area contributed by atoms with Crippen molar-refractivity contribution in [1.29, 1.82) is 0 Å². The third-order valence-electron chi connectivity index (χ3n) is 5.20. The van der Waals surface area contributed by atoms with Crippen molar-refractivity contribution in [3.05, 3.63) is 76.0 Å². The molecule has 2 amide bonds. The fourth-order valence-corrected chi connectivity index (χ4v) is 4.10. The van der Waals surface area contributed by atoms with Gasteiger partial charge < -0.3 is 15.0 Å². The van der Waals surface area contributed by atoms with Gasteiger partial charge in [-0.25, -0.2) is 4.98 Å². The topological polar surface area (TPSA) is 84.4 Å². The number of pyridine rings is 1. The molecule has 160 valence electrons. The second kappa shape index (κ2) is 9.70. The lowest BCUT2D eigenvalue weighted by molar-refractivity contribution is 0.0698. The van der Waals surface area contributed by atoms with Gasteiger partial charge in [-0.15, -0.1) is 11.3 Å². The number of likely N-dealkylation sites (tertiary alicyclic amines) is 1. The lowest BCUT2D eigenvalue weighted by Gasteiger charge is -2.32. The van der Waals surface area contributed by atoms with Crippen molar-refractivity contribution in [1.82, 2.24) is 20.2 Å². The summed E-state index contributed by atoms with van der Waals surface area (Å²) >= 11 is 1.60. The molecule has 3 aromatic rings. The van der Waals surface area contributed by atoms with Crippen LogP contribution >= 0.6 is 11.3 Å². The van der Waals surface area contributed by atoms with Gasteiger partial charge in [-0.1, -0.05) is 0 Å². The molecule has 4 rings (SSSR count). The molecule has 1 aromatic carbocycles. The minimum Gasteiger partial charge on any atom is -0.487 e. The fourth-order valence-electron chi connectivity index (χ4n) is 3.50. The molecule has 1 N–H and O–H groups in total. The highest BCUT2D eigenvalue weighted by molar-refractivity contribution is 7.09. The number of amides is 2. The summed E-state index contributed by atoms with van der Waals surface area (Å²) < 4.78 is 5.75. The molecule has 0 bridgehead atoms. The van der Waals surface area contributed by atoms with E-state index in [1.165, 1.54) is 0 Å². The van der Waals surface area contributed by atoms with Crippen molar-refractivity contribution in [2.45, 2.75) is 32.4 Å². The number of benzene rings is 1. The highest BCUT2D eigenvalue weighted by Gasteiger charge is 2.25. The van der Waals surface area contributed by atoms with Crippen molar-refractivity contribution >= 4 is 23.2 Å². The molecular weight excluding hydrogens is 412 g/mol. The summed E-state index contributed by atoms with van der Waals surface area (Å²) in [6.07, 6.45) is 4.65. The van der Waals surface area contributed by atoms with Crippen LogP contribution in [-0.2, 0) is 6.61 Å². The maximum atomic E-state index is 12.8. The minimum atomic E-state index is -0.124. The largest absolute Gasteiger partial charge is 0.487 e. The molecule has 1 aliphatic rings. The van der Waals surface area contributed by atoms with Crippen LogP contribution in [0, 0.1) is 6.92 Å². The Balaban J connectivity index is 1.26. The molecule has 0 unspecified atom stereocenters. The second-order valence-corrected chi connectivity index (χ2v) is 8.51. The van der Waals surface area contributed by atoms with Crippen LogP contribution < -0.4 is 10.1 Å². The smallest absolute Gasteiger partial charge is 0.253 e. The molecular formula is C23H24N4O3S. The number of thiazole rings is 1. The van der Waals surface area contributed by atoms with E-state index in [0.717, 1.165) is 23.5 Å². The Morgan fingerprint density at radius 2 is 1.94 bits per heavy atom. The zero-order chi connectivity index (χ0) is 21.6. The van der Waals surface area contributed by atoms with E-state index < -0.39 is 0 Å². The van der Waals surface area contributed by atoms with Crippen LogP contribution in [0.15, 0.2) is 54.2 Å². The average molecular weight is 437 g/mol. The van der Waals surface area contributed by atoms with E-state index in [9.17, 15) is 9.59 Å². The number of aryl methyl sites for hydroxylation is 1. The molecule has 8 heteroatoms. The zero-order valence-electron chi connectivity index (χ0n) is 17.3. The van der Waals surface area contributed by atoms with Gasteiger partial charge in [0.25, 0.3) is 11.8 Å². The van der Waals surface area contributed by atoms with Crippen molar-refractivity contribution in [2.75, 3.05) is 13.1 Å². The van der Waals surface area contributed by atoms with Gasteiger partial charge in [-0.3, -0.25) is 14.6 Å². The quantitative estimate of drug-likeness (QED) is 0.640. The van der Waals surface area contributed by atoms with Gasteiger partial charge in [0.2, 0.25) is 0 Å². The van der Waals surface area contributed by atoms with Crippen LogP contribution in [0.4, 0.5) is 0 Å². The molecule has 3 heterocycles. The number of piperidine rings is 1. The van der Waals surface area contributed by atoms with Crippen LogP contribution in [0.2, 0.25) is 0 Å². The van der Waals surface area contributed by atoms with Gasteiger partial charge in [0.1, 0.15) is 12.4 Å². The van der Waals surface area contributed by atoms with Crippen molar-refractivity contribution in [3.8, 4) is 5.75 Å². The van der Waals surface area contributed by atoms with Crippen molar-refractivity contribution in [3.63, 3.8) is 0 Å². The average Bonchev–Trinajstić information content (AvgIpc) is 3.24. The molecule has 1 fully saturated rings. The number of aromatic nitrogens is 2. The Morgan fingerprint density at radius 1 is 1.16 bits per heavy atom. The van der Waals surface area contributed by atoms with Crippen molar-refractivity contribution < 1.29 is 14.3 Å². The predicted octanol–water partition coefficient (Wildman–Crippen LogP) is 3.46. The van der Waals surface area contributed by atoms with Gasteiger partial charge in [-0.2, -0.15) is 0 Å². The predicted molar refractivity (Wildman–Crippen MR) is 118 cm³/mol. The van der Waals surface area contributed by atoms with Crippen LogP contribution in [0.3, 0.4) is 0 Å². The second-order valence-electron chi connectivity index (χ2n) is 7.45. The molecule has 1 saturated heterocycles. The summed E-state index contributed by atoms with van der Waals surface area (Å²) in [6.45, 7) is 3.60. The highest BCUT2D eigenvalue weighted by Crippen LogP contribution is 2.19. The fraction of sp³-hybridized carbons (Fsp3) is 0.304. The monoisotopic (exact) mass is 436 g/mol. The number of carbonyl (C=O) groups is 2. The lowest BCUT2D eigenvalue weighted by atomic mass is 10.0. The SMILES string of the molecule is Cc1nc(COc2ccc(C(=O)N3CCC(NC(=O)c4cccnc4)CC3)cc2)cs1. The Morgan fingerprint density at radius 3 is 2.58 bits per heavy atom. The third-order valence-corrected chi connectivity index (χ3v) is 6.02. The Hall–Kier alpha value is -3.26.